The van der Waals surface area contributed by atoms with Gasteiger partial charge in [-0.15, -0.1) is 11.3 Å². The molecule has 0 saturated heterocycles. The van der Waals surface area contributed by atoms with Gasteiger partial charge in [-0.2, -0.15) is 0 Å². The number of hydrogen-bond donors (Lipinski definition) is 1. The molecule has 146 valence electrons. The van der Waals surface area contributed by atoms with Gasteiger partial charge in [0.05, 0.1) is 10.2 Å². The highest BCUT2D eigenvalue weighted by atomic mass is 32.1. The summed E-state index contributed by atoms with van der Waals surface area (Å²) in [7, 11) is 0. The van der Waals surface area contributed by atoms with E-state index in [1.54, 1.807) is 17.7 Å². The molecule has 0 atom stereocenters. The van der Waals surface area contributed by atoms with Crippen LogP contribution in [0.2, 0.25) is 0 Å². The molecule has 1 aliphatic rings. The maximum Gasteiger partial charge on any atom is 0.231 e. The highest BCUT2D eigenvalue weighted by molar-refractivity contribution is 7.22. The van der Waals surface area contributed by atoms with E-state index in [1.807, 2.05) is 18.2 Å². The van der Waals surface area contributed by atoms with Gasteiger partial charge in [-0.25, -0.2) is 9.97 Å². The third-order valence-corrected chi connectivity index (χ3v) is 6.42. The minimum absolute atomic E-state index is 0.283. The van der Waals surface area contributed by atoms with E-state index in [4.69, 9.17) is 9.47 Å². The molecule has 0 bridgehead atoms. The molecule has 6 rings (SSSR count). The molecule has 3 aromatic carbocycles. The third kappa shape index (κ3) is 3.02. The van der Waals surface area contributed by atoms with Crippen molar-refractivity contribution in [2.75, 3.05) is 12.1 Å². The Morgan fingerprint density at radius 3 is 2.73 bits per heavy atom. The van der Waals surface area contributed by atoms with E-state index in [2.05, 4.69) is 63.8 Å². The number of aromatic nitrogens is 2. The fourth-order valence-electron chi connectivity index (χ4n) is 3.70. The average molecular weight is 411 g/mol. The first-order chi connectivity index (χ1) is 14.8. The fourth-order valence-corrected chi connectivity index (χ4v) is 4.77. The van der Waals surface area contributed by atoms with E-state index in [1.165, 1.54) is 21.2 Å². The Balaban J connectivity index is 1.31. The van der Waals surface area contributed by atoms with Crippen molar-refractivity contribution in [2.24, 2.45) is 0 Å². The molecule has 0 aliphatic carbocycles. The molecule has 0 unspecified atom stereocenters. The first-order valence-corrected chi connectivity index (χ1v) is 10.5. The van der Waals surface area contributed by atoms with Crippen molar-refractivity contribution < 1.29 is 9.47 Å². The largest absolute Gasteiger partial charge is 0.454 e. The lowest BCUT2D eigenvalue weighted by Gasteiger charge is -2.07. The summed E-state index contributed by atoms with van der Waals surface area (Å²) in [6, 6.07) is 23.1. The second-order valence-electron chi connectivity index (χ2n) is 7.15. The summed E-state index contributed by atoms with van der Waals surface area (Å²) in [5, 5.41) is 5.93. The normalized spacial score (nSPS) is 12.5. The fraction of sp³-hybridized carbons (Fsp3) is 0.0833. The molecule has 0 saturated carbocycles. The molecule has 1 aliphatic heterocycles. The molecule has 3 heterocycles. The topological polar surface area (TPSA) is 56.3 Å². The van der Waals surface area contributed by atoms with Crippen LogP contribution in [0.1, 0.15) is 5.56 Å². The first-order valence-electron chi connectivity index (χ1n) is 9.70. The summed E-state index contributed by atoms with van der Waals surface area (Å²) in [6.07, 6.45) is 1.61. The number of benzene rings is 3. The number of anilines is 1. The monoisotopic (exact) mass is 411 g/mol. The van der Waals surface area contributed by atoms with Crippen LogP contribution in [0.25, 0.3) is 31.4 Å². The number of nitrogens with one attached hydrogen (secondary N) is 1. The van der Waals surface area contributed by atoms with Gasteiger partial charge in [0.2, 0.25) is 6.79 Å². The summed E-state index contributed by atoms with van der Waals surface area (Å²) in [4.78, 5) is 10.1. The van der Waals surface area contributed by atoms with Crippen LogP contribution in [0.3, 0.4) is 0 Å². The summed E-state index contributed by atoms with van der Waals surface area (Å²) in [5.74, 6) is 2.42. The summed E-state index contributed by atoms with van der Waals surface area (Å²) in [6.45, 7) is 0.928. The zero-order chi connectivity index (χ0) is 19.9. The SMILES string of the molecule is c1ccc2cc(-c3cc4ncnc(NCc5ccc6c(c5)OCO6)c4s3)ccc2c1. The van der Waals surface area contributed by atoms with Crippen molar-refractivity contribution in [3.05, 3.63) is 78.6 Å². The Bertz CT molecular complexity index is 1400. The van der Waals surface area contributed by atoms with E-state index in [0.717, 1.165) is 33.1 Å². The quantitative estimate of drug-likeness (QED) is 0.402. The van der Waals surface area contributed by atoms with E-state index in [0.29, 0.717) is 6.54 Å². The molecule has 0 radical (unpaired) electrons. The molecule has 5 aromatic rings. The van der Waals surface area contributed by atoms with Crippen molar-refractivity contribution in [1.82, 2.24) is 9.97 Å². The van der Waals surface area contributed by atoms with Gasteiger partial charge in [0.15, 0.2) is 11.5 Å². The van der Waals surface area contributed by atoms with Gasteiger partial charge in [-0.3, -0.25) is 0 Å². The zero-order valence-corrected chi connectivity index (χ0v) is 16.8. The zero-order valence-electron chi connectivity index (χ0n) is 16.0. The molecule has 2 aromatic heterocycles. The Morgan fingerprint density at radius 2 is 1.77 bits per heavy atom. The number of nitrogens with zero attached hydrogens (tertiary/aromatic N) is 2. The Hall–Kier alpha value is -3.64. The van der Waals surface area contributed by atoms with Crippen molar-refractivity contribution in [3.63, 3.8) is 0 Å². The predicted octanol–water partition coefficient (Wildman–Crippen LogP) is 5.85. The summed E-state index contributed by atoms with van der Waals surface area (Å²) in [5.41, 5.74) is 3.25. The molecule has 0 spiro atoms. The highest BCUT2D eigenvalue weighted by Crippen LogP contribution is 2.37. The van der Waals surface area contributed by atoms with Crippen LogP contribution in [-0.4, -0.2) is 16.8 Å². The second-order valence-corrected chi connectivity index (χ2v) is 8.20. The number of thiophene rings is 1. The number of ether oxygens (including phenoxy) is 2. The minimum Gasteiger partial charge on any atom is -0.454 e. The average Bonchev–Trinajstić information content (AvgIpc) is 3.44. The molecular formula is C24H17N3O2S. The summed E-state index contributed by atoms with van der Waals surface area (Å²) >= 11 is 1.71. The molecular weight excluding hydrogens is 394 g/mol. The third-order valence-electron chi connectivity index (χ3n) is 5.24. The van der Waals surface area contributed by atoms with Crippen LogP contribution >= 0.6 is 11.3 Å². The standard InChI is InChI=1S/C24H17N3O2S/c1-2-4-17-10-18(7-6-16(17)3-1)22-11-19-23(30-22)24(27-13-26-19)25-12-15-5-8-20-21(9-15)29-14-28-20/h1-11,13H,12,14H2,(H,25,26,27). The Kier molecular flexibility index (Phi) is 4.02. The van der Waals surface area contributed by atoms with Crippen molar-refractivity contribution in [2.45, 2.75) is 6.54 Å². The van der Waals surface area contributed by atoms with E-state index in [-0.39, 0.29) is 6.79 Å². The van der Waals surface area contributed by atoms with Crippen LogP contribution in [0.5, 0.6) is 11.5 Å². The van der Waals surface area contributed by atoms with Gasteiger partial charge >= 0.3 is 0 Å². The van der Waals surface area contributed by atoms with E-state index < -0.39 is 0 Å². The lowest BCUT2D eigenvalue weighted by atomic mass is 10.1. The molecule has 0 fully saturated rings. The molecule has 6 heteroatoms. The van der Waals surface area contributed by atoms with Gasteiger partial charge in [0.25, 0.3) is 0 Å². The predicted molar refractivity (Wildman–Crippen MR) is 120 cm³/mol. The smallest absolute Gasteiger partial charge is 0.231 e. The minimum atomic E-state index is 0.283. The number of hydrogen-bond acceptors (Lipinski definition) is 6. The van der Waals surface area contributed by atoms with Gasteiger partial charge in [-0.1, -0.05) is 42.5 Å². The number of rotatable bonds is 4. The van der Waals surface area contributed by atoms with Crippen LogP contribution < -0.4 is 14.8 Å². The first kappa shape index (κ1) is 17.2. The van der Waals surface area contributed by atoms with Crippen LogP contribution in [0, 0.1) is 0 Å². The number of fused-ring (bicyclic) bond motifs is 3. The highest BCUT2D eigenvalue weighted by Gasteiger charge is 2.14. The van der Waals surface area contributed by atoms with Crippen molar-refractivity contribution in [3.8, 4) is 21.9 Å². The van der Waals surface area contributed by atoms with Crippen LogP contribution in [0.15, 0.2) is 73.1 Å². The van der Waals surface area contributed by atoms with Gasteiger partial charge in [0.1, 0.15) is 12.1 Å². The van der Waals surface area contributed by atoms with Crippen molar-refractivity contribution in [1.29, 1.82) is 0 Å². The second kappa shape index (κ2) is 7.00. The van der Waals surface area contributed by atoms with Gasteiger partial charge in [0, 0.05) is 11.4 Å². The maximum absolute atomic E-state index is 5.47. The van der Waals surface area contributed by atoms with Crippen LogP contribution in [-0.2, 0) is 6.54 Å². The maximum atomic E-state index is 5.47. The molecule has 5 nitrogen and oxygen atoms in total. The molecule has 30 heavy (non-hydrogen) atoms. The lowest BCUT2D eigenvalue weighted by Crippen LogP contribution is -2.01. The van der Waals surface area contributed by atoms with Gasteiger partial charge < -0.3 is 14.8 Å². The molecule has 1 N–H and O–H groups in total. The Labute approximate surface area is 176 Å². The van der Waals surface area contributed by atoms with E-state index in [9.17, 15) is 0 Å². The summed E-state index contributed by atoms with van der Waals surface area (Å²) < 4.78 is 11.9. The van der Waals surface area contributed by atoms with Gasteiger partial charge in [-0.05, 0) is 46.2 Å². The van der Waals surface area contributed by atoms with Crippen LogP contribution in [0.4, 0.5) is 5.82 Å². The Morgan fingerprint density at radius 1 is 0.867 bits per heavy atom. The molecule has 0 amide bonds. The van der Waals surface area contributed by atoms with Crippen molar-refractivity contribution >= 4 is 38.1 Å². The lowest BCUT2D eigenvalue weighted by molar-refractivity contribution is 0.174. The van der Waals surface area contributed by atoms with E-state index >= 15 is 0 Å².